The molecule has 0 amide bonds. The van der Waals surface area contributed by atoms with Gasteiger partial charge in [0.25, 0.3) is 0 Å². The Morgan fingerprint density at radius 1 is 1.15 bits per heavy atom. The standard InChI is InChI=1S/C14H14F3NOS/c1-19-13-5-3-2-4-11(13)12-8-20-7-10(12)6-18-9-14(15,16)17/h2-5,7-8,18H,6,9H2,1H3. The molecule has 2 rings (SSSR count). The van der Waals surface area contributed by atoms with Crippen LogP contribution in [0.3, 0.4) is 0 Å². The van der Waals surface area contributed by atoms with Gasteiger partial charge in [-0.1, -0.05) is 18.2 Å². The van der Waals surface area contributed by atoms with Crippen LogP contribution in [0.2, 0.25) is 0 Å². The summed E-state index contributed by atoms with van der Waals surface area (Å²) in [6, 6.07) is 7.47. The molecule has 1 N–H and O–H groups in total. The lowest BCUT2D eigenvalue weighted by Gasteiger charge is -2.11. The van der Waals surface area contributed by atoms with Gasteiger partial charge in [-0.25, -0.2) is 0 Å². The van der Waals surface area contributed by atoms with E-state index in [0.717, 1.165) is 16.7 Å². The Bertz CT molecular complexity index is 566. The topological polar surface area (TPSA) is 21.3 Å². The molecule has 0 aliphatic rings. The number of methoxy groups -OCH3 is 1. The number of rotatable bonds is 5. The second kappa shape index (κ2) is 6.28. The minimum Gasteiger partial charge on any atom is -0.496 e. The third-order valence-electron chi connectivity index (χ3n) is 2.78. The summed E-state index contributed by atoms with van der Waals surface area (Å²) in [7, 11) is 1.58. The van der Waals surface area contributed by atoms with Crippen LogP contribution in [0, 0.1) is 0 Å². The molecular formula is C14H14F3NOS. The molecule has 1 heterocycles. The summed E-state index contributed by atoms with van der Waals surface area (Å²) in [5, 5.41) is 6.19. The molecule has 108 valence electrons. The Kier molecular flexibility index (Phi) is 4.67. The Morgan fingerprint density at radius 2 is 1.90 bits per heavy atom. The minimum atomic E-state index is -4.19. The van der Waals surface area contributed by atoms with Crippen molar-refractivity contribution in [2.75, 3.05) is 13.7 Å². The third kappa shape index (κ3) is 3.74. The number of benzene rings is 1. The van der Waals surface area contributed by atoms with Crippen molar-refractivity contribution in [2.45, 2.75) is 12.7 Å². The van der Waals surface area contributed by atoms with Crippen LogP contribution in [0.1, 0.15) is 5.56 Å². The lowest BCUT2D eigenvalue weighted by molar-refractivity contribution is -0.125. The van der Waals surface area contributed by atoms with Crippen molar-refractivity contribution in [1.29, 1.82) is 0 Å². The van der Waals surface area contributed by atoms with Crippen LogP contribution in [-0.2, 0) is 6.54 Å². The molecule has 0 spiro atoms. The number of alkyl halides is 3. The van der Waals surface area contributed by atoms with Gasteiger partial charge in [-0.05, 0) is 22.4 Å². The van der Waals surface area contributed by atoms with Gasteiger partial charge in [-0.3, -0.25) is 0 Å². The summed E-state index contributed by atoms with van der Waals surface area (Å²) in [5.74, 6) is 0.711. The fourth-order valence-corrected chi connectivity index (χ4v) is 2.76. The average molecular weight is 301 g/mol. The summed E-state index contributed by atoms with van der Waals surface area (Å²) in [6.07, 6.45) is -4.19. The number of halogens is 3. The molecule has 0 saturated heterocycles. The number of nitrogens with one attached hydrogen (secondary N) is 1. The van der Waals surface area contributed by atoms with Crippen molar-refractivity contribution in [3.8, 4) is 16.9 Å². The van der Waals surface area contributed by atoms with E-state index in [1.54, 1.807) is 7.11 Å². The molecular weight excluding hydrogens is 287 g/mol. The van der Waals surface area contributed by atoms with E-state index in [9.17, 15) is 13.2 Å². The summed E-state index contributed by atoms with van der Waals surface area (Å²) >= 11 is 1.46. The largest absolute Gasteiger partial charge is 0.496 e. The molecule has 0 atom stereocenters. The molecule has 1 aromatic heterocycles. The monoisotopic (exact) mass is 301 g/mol. The van der Waals surface area contributed by atoms with Crippen molar-refractivity contribution < 1.29 is 17.9 Å². The molecule has 0 unspecified atom stereocenters. The second-order valence-electron chi connectivity index (χ2n) is 4.23. The van der Waals surface area contributed by atoms with Crippen molar-refractivity contribution in [3.05, 3.63) is 40.6 Å². The van der Waals surface area contributed by atoms with E-state index in [1.807, 2.05) is 35.0 Å². The molecule has 1 aromatic carbocycles. The normalized spacial score (nSPS) is 11.6. The molecule has 0 saturated carbocycles. The third-order valence-corrected chi connectivity index (χ3v) is 3.57. The summed E-state index contributed by atoms with van der Waals surface area (Å²) in [6.45, 7) is -0.815. The molecule has 2 nitrogen and oxygen atoms in total. The minimum absolute atomic E-state index is 0.177. The van der Waals surface area contributed by atoms with Crippen molar-refractivity contribution >= 4 is 11.3 Å². The second-order valence-corrected chi connectivity index (χ2v) is 4.97. The number of ether oxygens (including phenoxy) is 1. The van der Waals surface area contributed by atoms with E-state index in [-0.39, 0.29) is 6.54 Å². The maximum Gasteiger partial charge on any atom is 0.401 e. The van der Waals surface area contributed by atoms with Gasteiger partial charge in [0.2, 0.25) is 0 Å². The smallest absolute Gasteiger partial charge is 0.401 e. The van der Waals surface area contributed by atoms with E-state index in [4.69, 9.17) is 4.74 Å². The van der Waals surface area contributed by atoms with E-state index >= 15 is 0 Å². The van der Waals surface area contributed by atoms with Crippen molar-refractivity contribution in [3.63, 3.8) is 0 Å². The number of para-hydroxylation sites is 1. The van der Waals surface area contributed by atoms with Crippen LogP contribution >= 0.6 is 11.3 Å². The summed E-state index contributed by atoms with van der Waals surface area (Å²) < 4.78 is 41.7. The maximum absolute atomic E-state index is 12.1. The van der Waals surface area contributed by atoms with E-state index < -0.39 is 12.7 Å². The van der Waals surface area contributed by atoms with Crippen LogP contribution < -0.4 is 10.1 Å². The van der Waals surface area contributed by atoms with Gasteiger partial charge in [-0.15, -0.1) is 0 Å². The Morgan fingerprint density at radius 3 is 2.60 bits per heavy atom. The molecule has 6 heteroatoms. The van der Waals surface area contributed by atoms with Gasteiger partial charge in [0.1, 0.15) is 5.75 Å². The Hall–Kier alpha value is -1.53. The fraction of sp³-hybridized carbons (Fsp3) is 0.286. The lowest BCUT2D eigenvalue weighted by Crippen LogP contribution is -2.28. The van der Waals surface area contributed by atoms with Gasteiger partial charge in [0, 0.05) is 17.7 Å². The highest BCUT2D eigenvalue weighted by Crippen LogP contribution is 2.34. The molecule has 0 fully saturated rings. The summed E-state index contributed by atoms with van der Waals surface area (Å²) in [5.41, 5.74) is 2.63. The van der Waals surface area contributed by atoms with Gasteiger partial charge in [0.15, 0.2) is 0 Å². The highest BCUT2D eigenvalue weighted by molar-refractivity contribution is 7.08. The van der Waals surface area contributed by atoms with Crippen molar-refractivity contribution in [2.24, 2.45) is 0 Å². The van der Waals surface area contributed by atoms with Gasteiger partial charge in [-0.2, -0.15) is 24.5 Å². The van der Waals surface area contributed by atoms with E-state index in [1.165, 1.54) is 11.3 Å². The van der Waals surface area contributed by atoms with Gasteiger partial charge < -0.3 is 10.1 Å². The zero-order valence-corrected chi connectivity index (χ0v) is 11.6. The predicted octanol–water partition coefficient (Wildman–Crippen LogP) is 4.08. The first-order valence-corrected chi connectivity index (χ1v) is 6.91. The van der Waals surface area contributed by atoms with Crippen LogP contribution in [-0.4, -0.2) is 19.8 Å². The average Bonchev–Trinajstić information content (AvgIpc) is 2.85. The van der Waals surface area contributed by atoms with E-state index in [0.29, 0.717) is 5.75 Å². The van der Waals surface area contributed by atoms with Gasteiger partial charge in [0.05, 0.1) is 13.7 Å². The Balaban J connectivity index is 2.16. The first-order chi connectivity index (χ1) is 9.51. The van der Waals surface area contributed by atoms with E-state index in [2.05, 4.69) is 5.32 Å². The molecule has 20 heavy (non-hydrogen) atoms. The molecule has 2 aromatic rings. The molecule has 0 aliphatic carbocycles. The van der Waals surface area contributed by atoms with Crippen LogP contribution in [0.5, 0.6) is 5.75 Å². The predicted molar refractivity (Wildman–Crippen MR) is 74.1 cm³/mol. The highest BCUT2D eigenvalue weighted by atomic mass is 32.1. The van der Waals surface area contributed by atoms with Crippen LogP contribution in [0.4, 0.5) is 13.2 Å². The summed E-state index contributed by atoms with van der Waals surface area (Å²) in [4.78, 5) is 0. The molecule has 0 bridgehead atoms. The SMILES string of the molecule is COc1ccccc1-c1cscc1CNCC(F)(F)F. The maximum atomic E-state index is 12.1. The Labute approximate surface area is 119 Å². The quantitative estimate of drug-likeness (QED) is 0.898. The van der Waals surface area contributed by atoms with Gasteiger partial charge >= 0.3 is 6.18 Å². The first-order valence-electron chi connectivity index (χ1n) is 5.97. The zero-order valence-electron chi connectivity index (χ0n) is 10.8. The highest BCUT2D eigenvalue weighted by Gasteiger charge is 2.26. The van der Waals surface area contributed by atoms with Crippen LogP contribution in [0.25, 0.3) is 11.1 Å². The molecule has 0 radical (unpaired) electrons. The number of thiophene rings is 1. The zero-order chi connectivity index (χ0) is 14.6. The number of hydrogen-bond acceptors (Lipinski definition) is 3. The fourth-order valence-electron chi connectivity index (χ4n) is 1.90. The molecule has 0 aliphatic heterocycles. The first kappa shape index (κ1) is 14.9. The lowest BCUT2D eigenvalue weighted by atomic mass is 10.0. The van der Waals surface area contributed by atoms with Crippen LogP contribution in [0.15, 0.2) is 35.0 Å². The number of hydrogen-bond donors (Lipinski definition) is 1. The van der Waals surface area contributed by atoms with Crippen molar-refractivity contribution in [1.82, 2.24) is 5.32 Å².